The second-order valence-corrected chi connectivity index (χ2v) is 8.10. The predicted molar refractivity (Wildman–Crippen MR) is 102 cm³/mol. The van der Waals surface area contributed by atoms with Gasteiger partial charge in [0.25, 0.3) is 0 Å². The van der Waals surface area contributed by atoms with E-state index in [2.05, 4.69) is 5.32 Å². The van der Waals surface area contributed by atoms with Crippen molar-refractivity contribution in [2.75, 3.05) is 22.4 Å². The lowest BCUT2D eigenvalue weighted by Crippen LogP contribution is -2.31. The summed E-state index contributed by atoms with van der Waals surface area (Å²) in [4.78, 5) is 12.1. The molecule has 2 rings (SSSR count). The molecule has 0 radical (unpaired) electrons. The molecular weight excluding hydrogens is 336 g/mol. The molecule has 25 heavy (non-hydrogen) atoms. The first-order chi connectivity index (χ1) is 11.8. The summed E-state index contributed by atoms with van der Waals surface area (Å²) in [5.74, 6) is -0.122. The van der Waals surface area contributed by atoms with E-state index in [0.717, 1.165) is 16.8 Å². The van der Waals surface area contributed by atoms with E-state index in [1.165, 1.54) is 10.6 Å². The van der Waals surface area contributed by atoms with Crippen LogP contribution < -0.4 is 9.62 Å². The van der Waals surface area contributed by atoms with Crippen molar-refractivity contribution >= 4 is 27.3 Å². The monoisotopic (exact) mass is 360 g/mol. The summed E-state index contributed by atoms with van der Waals surface area (Å²) in [6.45, 7) is 4.18. The number of anilines is 2. The van der Waals surface area contributed by atoms with E-state index >= 15 is 0 Å². The Hall–Kier alpha value is -2.34. The fraction of sp³-hybridized carbons (Fsp3) is 0.316. The highest BCUT2D eigenvalue weighted by Gasteiger charge is 2.17. The highest BCUT2D eigenvalue weighted by molar-refractivity contribution is 7.92. The zero-order chi connectivity index (χ0) is 18.4. The Morgan fingerprint density at radius 2 is 1.72 bits per heavy atom. The predicted octanol–water partition coefficient (Wildman–Crippen LogP) is 3.49. The van der Waals surface area contributed by atoms with Crippen molar-refractivity contribution in [2.45, 2.75) is 26.7 Å². The van der Waals surface area contributed by atoms with E-state index in [9.17, 15) is 13.2 Å². The molecule has 1 N–H and O–H groups in total. The van der Waals surface area contributed by atoms with Crippen molar-refractivity contribution in [3.8, 4) is 0 Å². The SMILES string of the molecule is Cc1ccc(N(CCCC(=O)Nc2cccc(C)c2)S(C)(=O)=O)cc1. The van der Waals surface area contributed by atoms with E-state index in [-0.39, 0.29) is 18.9 Å². The maximum atomic E-state index is 12.1. The van der Waals surface area contributed by atoms with Gasteiger partial charge in [-0.2, -0.15) is 0 Å². The molecule has 1 amide bonds. The smallest absolute Gasteiger partial charge is 0.232 e. The van der Waals surface area contributed by atoms with Gasteiger partial charge in [-0.25, -0.2) is 8.42 Å². The number of hydrogen-bond acceptors (Lipinski definition) is 3. The number of sulfonamides is 1. The van der Waals surface area contributed by atoms with E-state index in [4.69, 9.17) is 0 Å². The van der Waals surface area contributed by atoms with E-state index in [0.29, 0.717) is 12.1 Å². The largest absolute Gasteiger partial charge is 0.326 e. The molecule has 6 heteroatoms. The minimum Gasteiger partial charge on any atom is -0.326 e. The molecule has 0 aliphatic carbocycles. The van der Waals surface area contributed by atoms with Gasteiger partial charge in [0.15, 0.2) is 0 Å². The van der Waals surface area contributed by atoms with Gasteiger partial charge in [0.05, 0.1) is 11.9 Å². The molecule has 2 aromatic carbocycles. The fourth-order valence-electron chi connectivity index (χ4n) is 2.53. The van der Waals surface area contributed by atoms with Gasteiger partial charge >= 0.3 is 0 Å². The van der Waals surface area contributed by atoms with Gasteiger partial charge in [0.1, 0.15) is 0 Å². The lowest BCUT2D eigenvalue weighted by molar-refractivity contribution is -0.116. The number of rotatable bonds is 7. The molecule has 0 atom stereocenters. The van der Waals surface area contributed by atoms with Crippen molar-refractivity contribution in [1.82, 2.24) is 0 Å². The first kappa shape index (κ1) is 19.0. The molecule has 0 aromatic heterocycles. The lowest BCUT2D eigenvalue weighted by Gasteiger charge is -2.22. The van der Waals surface area contributed by atoms with Gasteiger partial charge in [-0.05, 0) is 50.1 Å². The van der Waals surface area contributed by atoms with Crippen LogP contribution in [0.2, 0.25) is 0 Å². The summed E-state index contributed by atoms with van der Waals surface area (Å²) < 4.78 is 25.4. The Bertz CT molecular complexity index is 830. The average molecular weight is 360 g/mol. The third kappa shape index (κ3) is 5.90. The Balaban J connectivity index is 1.95. The van der Waals surface area contributed by atoms with E-state index < -0.39 is 10.0 Å². The summed E-state index contributed by atoms with van der Waals surface area (Å²) in [6.07, 6.45) is 1.88. The normalized spacial score (nSPS) is 11.2. The first-order valence-corrected chi connectivity index (χ1v) is 10.0. The number of hydrogen-bond donors (Lipinski definition) is 1. The topological polar surface area (TPSA) is 66.5 Å². The van der Waals surface area contributed by atoms with Gasteiger partial charge in [0, 0.05) is 18.7 Å². The minimum atomic E-state index is -3.39. The quantitative estimate of drug-likeness (QED) is 0.822. The van der Waals surface area contributed by atoms with Gasteiger partial charge in [-0.1, -0.05) is 29.8 Å². The Labute approximate surface area is 149 Å². The maximum Gasteiger partial charge on any atom is 0.232 e. The van der Waals surface area contributed by atoms with Crippen LogP contribution in [0.4, 0.5) is 11.4 Å². The summed E-state index contributed by atoms with van der Waals surface area (Å²) in [5.41, 5.74) is 3.51. The highest BCUT2D eigenvalue weighted by atomic mass is 32.2. The maximum absolute atomic E-state index is 12.1. The second-order valence-electron chi connectivity index (χ2n) is 6.19. The van der Waals surface area contributed by atoms with Crippen LogP contribution in [-0.4, -0.2) is 27.1 Å². The molecule has 0 spiro atoms. The third-order valence-electron chi connectivity index (χ3n) is 3.79. The number of nitrogens with one attached hydrogen (secondary N) is 1. The van der Waals surface area contributed by atoms with Gasteiger partial charge in [-0.15, -0.1) is 0 Å². The number of carbonyl (C=O) groups excluding carboxylic acids is 1. The van der Waals surface area contributed by atoms with Crippen LogP contribution >= 0.6 is 0 Å². The van der Waals surface area contributed by atoms with Crippen LogP contribution in [-0.2, 0) is 14.8 Å². The molecule has 0 saturated heterocycles. The highest BCUT2D eigenvalue weighted by Crippen LogP contribution is 2.19. The van der Waals surface area contributed by atoms with Gasteiger partial charge in [-0.3, -0.25) is 9.10 Å². The number of aryl methyl sites for hydroxylation is 2. The molecule has 0 aliphatic rings. The lowest BCUT2D eigenvalue weighted by atomic mass is 10.2. The number of nitrogens with zero attached hydrogens (tertiary/aromatic N) is 1. The molecule has 5 nitrogen and oxygen atoms in total. The molecule has 0 heterocycles. The average Bonchev–Trinajstić information content (AvgIpc) is 2.51. The third-order valence-corrected chi connectivity index (χ3v) is 4.98. The number of carbonyl (C=O) groups is 1. The van der Waals surface area contributed by atoms with Crippen molar-refractivity contribution < 1.29 is 13.2 Å². The molecular formula is C19H24N2O3S. The summed E-state index contributed by atoms with van der Waals surface area (Å²) >= 11 is 0. The van der Waals surface area contributed by atoms with Crippen molar-refractivity contribution in [3.63, 3.8) is 0 Å². The zero-order valence-corrected chi connectivity index (χ0v) is 15.6. The molecule has 2 aromatic rings. The molecule has 0 bridgehead atoms. The first-order valence-electron chi connectivity index (χ1n) is 8.16. The van der Waals surface area contributed by atoms with Crippen LogP contribution in [0.3, 0.4) is 0 Å². The Morgan fingerprint density at radius 3 is 2.32 bits per heavy atom. The second kappa shape index (κ2) is 8.16. The minimum absolute atomic E-state index is 0.122. The fourth-order valence-corrected chi connectivity index (χ4v) is 3.49. The molecule has 0 saturated carbocycles. The zero-order valence-electron chi connectivity index (χ0n) is 14.8. The van der Waals surface area contributed by atoms with Crippen LogP contribution in [0.5, 0.6) is 0 Å². The Kier molecular flexibility index (Phi) is 6.20. The summed E-state index contributed by atoms with van der Waals surface area (Å²) in [6, 6.07) is 14.9. The summed E-state index contributed by atoms with van der Waals surface area (Å²) in [7, 11) is -3.39. The van der Waals surface area contributed by atoms with Crippen molar-refractivity contribution in [2.24, 2.45) is 0 Å². The van der Waals surface area contributed by atoms with Crippen molar-refractivity contribution in [1.29, 1.82) is 0 Å². The molecule has 0 fully saturated rings. The van der Waals surface area contributed by atoms with Crippen LogP contribution in [0.15, 0.2) is 48.5 Å². The van der Waals surface area contributed by atoms with Crippen LogP contribution in [0.25, 0.3) is 0 Å². The van der Waals surface area contributed by atoms with Crippen LogP contribution in [0, 0.1) is 13.8 Å². The van der Waals surface area contributed by atoms with Crippen LogP contribution in [0.1, 0.15) is 24.0 Å². The summed E-state index contributed by atoms with van der Waals surface area (Å²) in [5, 5.41) is 2.84. The van der Waals surface area contributed by atoms with E-state index in [1.54, 1.807) is 12.1 Å². The molecule has 0 unspecified atom stereocenters. The Morgan fingerprint density at radius 1 is 1.04 bits per heavy atom. The standard InChI is InChI=1S/C19H24N2O3S/c1-15-9-11-18(12-10-15)21(25(3,23)24)13-5-8-19(22)20-17-7-4-6-16(2)14-17/h4,6-7,9-12,14H,5,8,13H2,1-3H3,(H,20,22). The van der Waals surface area contributed by atoms with E-state index in [1.807, 2.05) is 50.2 Å². The molecule has 0 aliphatic heterocycles. The molecule has 134 valence electrons. The van der Waals surface area contributed by atoms with Crippen molar-refractivity contribution in [3.05, 3.63) is 59.7 Å². The number of amides is 1. The number of benzene rings is 2. The van der Waals surface area contributed by atoms with Gasteiger partial charge < -0.3 is 5.32 Å². The van der Waals surface area contributed by atoms with Gasteiger partial charge in [0.2, 0.25) is 15.9 Å².